The Morgan fingerprint density at radius 1 is 0.909 bits per heavy atom. The maximum Gasteiger partial charge on any atom is 0.238 e. The number of thioether (sulfide) groups is 2. The van der Waals surface area contributed by atoms with Crippen LogP contribution in [0, 0.1) is 10.8 Å². The molecule has 1 fully saturated rings. The lowest BCUT2D eigenvalue weighted by Crippen LogP contribution is -2.53. The molecular weight excluding hydrogens is 713 g/mol. The number of carbonyl (C=O) groups is 5. The van der Waals surface area contributed by atoms with Gasteiger partial charge in [-0.05, 0) is 60.3 Å². The average Bonchev–Trinajstić information content (AvgIpc) is 2.86. The molecule has 254 valence electrons. The molecule has 9 nitrogen and oxygen atoms in total. The molecule has 12 heteroatoms. The monoisotopic (exact) mass is 769 g/mol. The first-order valence-electron chi connectivity index (χ1n) is 15.5. The second-order valence-electron chi connectivity index (χ2n) is 15.0. The van der Waals surface area contributed by atoms with Crippen LogP contribution in [-0.2, 0) is 28.7 Å². The van der Waals surface area contributed by atoms with Crippen molar-refractivity contribution < 1.29 is 28.7 Å². The number of ketones is 1. The first kappa shape index (κ1) is 41.3. The highest BCUT2D eigenvalue weighted by Gasteiger charge is 2.35. The molecule has 44 heavy (non-hydrogen) atoms. The predicted octanol–water partition coefficient (Wildman–Crippen LogP) is 5.11. The molecule has 0 aromatic rings. The lowest BCUT2D eigenvalue weighted by molar-refractivity contribution is -0.133. The summed E-state index contributed by atoms with van der Waals surface area (Å²) in [6.07, 6.45) is 4.40. The van der Waals surface area contributed by atoms with Gasteiger partial charge in [-0.3, -0.25) is 19.2 Å². The first-order chi connectivity index (χ1) is 20.1. The molecule has 0 heterocycles. The van der Waals surface area contributed by atoms with Crippen molar-refractivity contribution in [2.45, 2.75) is 135 Å². The van der Waals surface area contributed by atoms with Crippen LogP contribution in [0.2, 0.25) is 0 Å². The van der Waals surface area contributed by atoms with Crippen LogP contribution >= 0.6 is 46.1 Å². The number of halogens is 1. The van der Waals surface area contributed by atoms with Gasteiger partial charge in [0.15, 0.2) is 0 Å². The highest BCUT2D eigenvalue weighted by atomic mass is 127. The van der Waals surface area contributed by atoms with Gasteiger partial charge in [-0.25, -0.2) is 0 Å². The van der Waals surface area contributed by atoms with Gasteiger partial charge in [-0.2, -0.15) is 23.5 Å². The normalized spacial score (nSPS) is 19.0. The average molecular weight is 770 g/mol. The minimum atomic E-state index is -0.727. The standard InChI is InChI=1S/C32H56IN3O6S2/c1-29(2,3)25(38)13-14-32(9,10)42-16-15-31(7,8)28(41)35-21(18-37)19-43-23-11-12-24(23)44-20-22(36-30(4,5)6)27(40)34-17-26(33)39/h18,21-24,36H,11-17,19-20H2,1-10H3,(H,34,40)(H,35,41). The fourth-order valence-electron chi connectivity index (χ4n) is 4.29. The molecular formula is C32H56IN3O6S2. The van der Waals surface area contributed by atoms with Gasteiger partial charge in [0.25, 0.3) is 0 Å². The van der Waals surface area contributed by atoms with Crippen molar-refractivity contribution >= 4 is 73.8 Å². The highest BCUT2D eigenvalue weighted by Crippen LogP contribution is 2.40. The van der Waals surface area contributed by atoms with Crippen molar-refractivity contribution in [3.05, 3.63) is 0 Å². The largest absolute Gasteiger partial charge is 0.376 e. The Morgan fingerprint density at radius 2 is 1.48 bits per heavy atom. The van der Waals surface area contributed by atoms with E-state index in [-0.39, 0.29) is 38.9 Å². The van der Waals surface area contributed by atoms with Crippen LogP contribution < -0.4 is 16.0 Å². The SMILES string of the molecule is CC(C)(C)NC(CSC1CCC1SCC(C=O)NC(=O)C(C)(C)CCOC(C)(C)CCC(=O)C(C)(C)C)C(=O)NCC(=O)I. The summed E-state index contributed by atoms with van der Waals surface area (Å²) in [4.78, 5) is 61.3. The van der Waals surface area contributed by atoms with Gasteiger partial charge in [0.2, 0.25) is 15.6 Å². The zero-order valence-corrected chi connectivity index (χ0v) is 32.2. The van der Waals surface area contributed by atoms with Crippen molar-refractivity contribution in [2.24, 2.45) is 10.8 Å². The third-order valence-corrected chi connectivity index (χ3v) is 11.2. The van der Waals surface area contributed by atoms with Crippen LogP contribution in [0.5, 0.6) is 0 Å². The van der Waals surface area contributed by atoms with Crippen molar-refractivity contribution in [3.8, 4) is 0 Å². The Balaban J connectivity index is 2.55. The van der Waals surface area contributed by atoms with Gasteiger partial charge >= 0.3 is 0 Å². The summed E-state index contributed by atoms with van der Waals surface area (Å²) in [7, 11) is 0. The van der Waals surface area contributed by atoms with E-state index in [1.165, 1.54) is 0 Å². The van der Waals surface area contributed by atoms with E-state index in [4.69, 9.17) is 4.74 Å². The van der Waals surface area contributed by atoms with E-state index >= 15 is 0 Å². The van der Waals surface area contributed by atoms with Crippen molar-refractivity contribution in [2.75, 3.05) is 24.7 Å². The second-order valence-corrected chi connectivity index (χ2v) is 18.7. The summed E-state index contributed by atoms with van der Waals surface area (Å²) in [6.45, 7) is 19.8. The quantitative estimate of drug-likeness (QED) is 0.0880. The Kier molecular flexibility index (Phi) is 16.9. The van der Waals surface area contributed by atoms with Crippen molar-refractivity contribution in [1.82, 2.24) is 16.0 Å². The second kappa shape index (κ2) is 18.0. The van der Waals surface area contributed by atoms with Crippen molar-refractivity contribution in [3.63, 3.8) is 0 Å². The van der Waals surface area contributed by atoms with E-state index in [2.05, 4.69) is 16.0 Å². The van der Waals surface area contributed by atoms with Gasteiger partial charge < -0.3 is 25.5 Å². The molecule has 4 atom stereocenters. The van der Waals surface area contributed by atoms with E-state index in [0.717, 1.165) is 19.1 Å². The molecule has 0 bridgehead atoms. The number of amides is 2. The Morgan fingerprint density at radius 3 is 1.95 bits per heavy atom. The number of hydrogen-bond donors (Lipinski definition) is 3. The number of rotatable bonds is 20. The predicted molar refractivity (Wildman–Crippen MR) is 191 cm³/mol. The number of Topliss-reactive ketones (excluding diaryl/α,β-unsaturated/α-hetero) is 1. The van der Waals surface area contributed by atoms with Crippen LogP contribution in [0.3, 0.4) is 0 Å². The summed E-state index contributed by atoms with van der Waals surface area (Å²) in [5.41, 5.74) is -1.84. The lowest BCUT2D eigenvalue weighted by Gasteiger charge is -2.37. The molecule has 3 N–H and O–H groups in total. The van der Waals surface area contributed by atoms with Gasteiger partial charge in [0.05, 0.1) is 24.2 Å². The summed E-state index contributed by atoms with van der Waals surface area (Å²) in [5.74, 6) is 0.894. The minimum Gasteiger partial charge on any atom is -0.376 e. The lowest BCUT2D eigenvalue weighted by atomic mass is 9.86. The van der Waals surface area contributed by atoms with Crippen LogP contribution in [0.15, 0.2) is 0 Å². The smallest absolute Gasteiger partial charge is 0.238 e. The van der Waals surface area contributed by atoms with Crippen molar-refractivity contribution in [1.29, 1.82) is 0 Å². The van der Waals surface area contributed by atoms with Crippen LogP contribution in [0.4, 0.5) is 0 Å². The molecule has 0 aromatic carbocycles. The molecule has 4 unspecified atom stereocenters. The molecule has 1 rings (SSSR count). The molecule has 0 spiro atoms. The zero-order chi connectivity index (χ0) is 33.9. The number of carbonyl (C=O) groups excluding carboxylic acids is 5. The fraction of sp³-hybridized carbons (Fsp3) is 0.844. The molecule has 0 saturated heterocycles. The van der Waals surface area contributed by atoms with E-state index in [1.807, 2.05) is 69.2 Å². The Labute approximate surface area is 287 Å². The Bertz CT molecular complexity index is 993. The molecule has 1 aliphatic carbocycles. The third-order valence-electron chi connectivity index (χ3n) is 7.55. The number of ether oxygens (including phenoxy) is 1. The number of aldehydes is 1. The van der Waals surface area contributed by atoms with E-state index < -0.39 is 23.1 Å². The van der Waals surface area contributed by atoms with Gasteiger partial charge in [-0.1, -0.05) is 34.6 Å². The summed E-state index contributed by atoms with van der Waals surface area (Å²) >= 11 is 5.10. The highest BCUT2D eigenvalue weighted by molar-refractivity contribution is 14.1. The maximum absolute atomic E-state index is 13.1. The van der Waals surface area contributed by atoms with Crippen LogP contribution in [0.25, 0.3) is 0 Å². The summed E-state index contributed by atoms with van der Waals surface area (Å²) < 4.78 is 5.96. The van der Waals surface area contributed by atoms with E-state index in [1.54, 1.807) is 46.1 Å². The third kappa shape index (κ3) is 16.2. The molecule has 0 aromatic heterocycles. The first-order valence-corrected chi connectivity index (χ1v) is 18.6. The molecule has 2 amide bonds. The van der Waals surface area contributed by atoms with Gasteiger partial charge in [-0.15, -0.1) is 0 Å². The van der Waals surface area contributed by atoms with Gasteiger partial charge in [0, 0.05) is 74.0 Å². The minimum absolute atomic E-state index is 0.00867. The van der Waals surface area contributed by atoms with Crippen LogP contribution in [-0.4, -0.2) is 86.1 Å². The fourth-order valence-corrected chi connectivity index (χ4v) is 7.55. The molecule has 0 radical (unpaired) electrons. The van der Waals surface area contributed by atoms with E-state index in [9.17, 15) is 24.0 Å². The summed E-state index contributed by atoms with van der Waals surface area (Å²) in [6, 6.07) is -1.02. The molecule has 0 aliphatic heterocycles. The number of nitrogens with one attached hydrogen (secondary N) is 3. The maximum atomic E-state index is 13.1. The number of hydrogen-bond acceptors (Lipinski definition) is 9. The summed E-state index contributed by atoms with van der Waals surface area (Å²) in [5, 5.41) is 9.68. The Hall–Kier alpha value is -0.700. The van der Waals surface area contributed by atoms with E-state index in [0.29, 0.717) is 47.9 Å². The zero-order valence-electron chi connectivity index (χ0n) is 28.4. The molecule has 1 aliphatic rings. The van der Waals surface area contributed by atoms with Crippen LogP contribution in [0.1, 0.15) is 101 Å². The van der Waals surface area contributed by atoms with Gasteiger partial charge in [0.1, 0.15) is 12.1 Å². The topological polar surface area (TPSA) is 131 Å². The molecule has 1 saturated carbocycles.